The predicted octanol–water partition coefficient (Wildman–Crippen LogP) is 1.40. The molecule has 3 N–H and O–H groups in total. The van der Waals surface area contributed by atoms with Crippen LogP contribution in [0.3, 0.4) is 0 Å². The van der Waals surface area contributed by atoms with Gasteiger partial charge in [-0.2, -0.15) is 25.3 Å². The summed E-state index contributed by atoms with van der Waals surface area (Å²) in [5, 5.41) is 2.80. The molecule has 0 radical (unpaired) electrons. The van der Waals surface area contributed by atoms with E-state index < -0.39 is 0 Å². The van der Waals surface area contributed by atoms with Crippen LogP contribution in [0.1, 0.15) is 39.0 Å². The molecule has 0 aromatic carbocycles. The van der Waals surface area contributed by atoms with Gasteiger partial charge in [-0.15, -0.1) is 0 Å². The molecule has 0 saturated heterocycles. The number of thiol groups is 2. The number of primary amides is 1. The number of nitrogens with one attached hydrogen (secondary N) is 1. The normalized spacial score (nSPS) is 9.12. The molecule has 0 aliphatic carbocycles. The van der Waals surface area contributed by atoms with Gasteiger partial charge in [0.05, 0.1) is 0 Å². The number of amides is 2. The lowest BCUT2D eigenvalue weighted by Crippen LogP contribution is -2.24. The average Bonchev–Trinajstić information content (AvgIpc) is 2.27. The molecule has 2 amide bonds. The van der Waals surface area contributed by atoms with Gasteiger partial charge in [0.1, 0.15) is 0 Å². The molecule has 0 bridgehead atoms. The van der Waals surface area contributed by atoms with Crippen LogP contribution >= 0.6 is 25.3 Å². The van der Waals surface area contributed by atoms with Gasteiger partial charge < -0.3 is 11.1 Å². The van der Waals surface area contributed by atoms with Gasteiger partial charge >= 0.3 is 0 Å². The van der Waals surface area contributed by atoms with Crippen LogP contribution in [0.5, 0.6) is 0 Å². The summed E-state index contributed by atoms with van der Waals surface area (Å²) in [4.78, 5) is 20.7. The lowest BCUT2D eigenvalue weighted by molar-refractivity contribution is -0.121. The Bertz CT molecular complexity index is 202. The van der Waals surface area contributed by atoms with Gasteiger partial charge in [-0.1, -0.05) is 6.92 Å². The van der Waals surface area contributed by atoms with Crippen LogP contribution in [-0.2, 0) is 9.59 Å². The van der Waals surface area contributed by atoms with Crippen molar-refractivity contribution in [2.45, 2.75) is 39.0 Å². The van der Waals surface area contributed by atoms with Crippen LogP contribution in [0.15, 0.2) is 0 Å². The summed E-state index contributed by atoms with van der Waals surface area (Å²) in [5.41, 5.74) is 4.76. The third-order valence-corrected chi connectivity index (χ3v) is 2.35. The molecule has 0 rings (SSSR count). The first-order valence-electron chi connectivity index (χ1n) is 5.85. The average molecular weight is 280 g/mol. The van der Waals surface area contributed by atoms with E-state index in [2.05, 4.69) is 30.6 Å². The van der Waals surface area contributed by atoms with E-state index in [1.54, 1.807) is 0 Å². The molecule has 102 valence electrons. The maximum absolute atomic E-state index is 10.9. The number of hydrogen-bond donors (Lipinski definition) is 4. The maximum Gasteiger partial charge on any atom is 0.220 e. The Kier molecular flexibility index (Phi) is 17.5. The van der Waals surface area contributed by atoms with Crippen LogP contribution in [0.25, 0.3) is 0 Å². The lowest BCUT2D eigenvalue weighted by Gasteiger charge is -2.01. The molecule has 0 unspecified atom stereocenters. The quantitative estimate of drug-likeness (QED) is 0.401. The minimum Gasteiger partial charge on any atom is -0.370 e. The van der Waals surface area contributed by atoms with Crippen molar-refractivity contribution in [3.8, 4) is 0 Å². The van der Waals surface area contributed by atoms with Crippen molar-refractivity contribution in [3.63, 3.8) is 0 Å². The second-order valence-electron chi connectivity index (χ2n) is 3.47. The topological polar surface area (TPSA) is 72.2 Å². The van der Waals surface area contributed by atoms with Crippen LogP contribution in [0, 0.1) is 0 Å². The fourth-order valence-corrected chi connectivity index (χ4v) is 1.20. The summed E-state index contributed by atoms with van der Waals surface area (Å²) in [5.74, 6) is 1.52. The summed E-state index contributed by atoms with van der Waals surface area (Å²) in [6.07, 6.45) is 3.76. The number of carbonyl (C=O) groups excluding carboxylic acids is 2. The number of hydrogen-bond acceptors (Lipinski definition) is 4. The Morgan fingerprint density at radius 2 is 1.71 bits per heavy atom. The van der Waals surface area contributed by atoms with E-state index in [0.717, 1.165) is 37.3 Å². The second-order valence-corrected chi connectivity index (χ2v) is 4.37. The highest BCUT2D eigenvalue weighted by molar-refractivity contribution is 7.80. The number of carbonyl (C=O) groups is 2. The zero-order valence-electron chi connectivity index (χ0n) is 10.4. The standard InChI is InChI=1S/C7H15NOS2.C4H9NO/c9-7(3-1-5-10)8-4-2-6-11;1-2-3-4(5)6/h10-11H,1-6H2,(H,8,9);2-3H2,1H3,(H2,5,6). The van der Waals surface area contributed by atoms with Crippen molar-refractivity contribution in [1.82, 2.24) is 5.32 Å². The maximum atomic E-state index is 10.9. The van der Waals surface area contributed by atoms with Crippen molar-refractivity contribution < 1.29 is 9.59 Å². The van der Waals surface area contributed by atoms with Crippen molar-refractivity contribution >= 4 is 37.1 Å². The molecule has 17 heavy (non-hydrogen) atoms. The predicted molar refractivity (Wildman–Crippen MR) is 78.7 cm³/mol. The van der Waals surface area contributed by atoms with E-state index in [1.807, 2.05) is 6.92 Å². The van der Waals surface area contributed by atoms with Crippen molar-refractivity contribution in [2.24, 2.45) is 5.73 Å². The molecule has 0 aliphatic rings. The van der Waals surface area contributed by atoms with Gasteiger partial charge in [0.2, 0.25) is 11.8 Å². The number of nitrogens with two attached hydrogens (primary N) is 1. The zero-order chi connectivity index (χ0) is 13.5. The lowest BCUT2D eigenvalue weighted by atomic mass is 10.3. The summed E-state index contributed by atoms with van der Waals surface area (Å²) in [6, 6.07) is 0. The van der Waals surface area contributed by atoms with E-state index in [4.69, 9.17) is 5.73 Å². The molecule has 0 aromatic heterocycles. The molecule has 6 heteroatoms. The molecule has 0 aliphatic heterocycles. The van der Waals surface area contributed by atoms with Crippen molar-refractivity contribution in [1.29, 1.82) is 0 Å². The van der Waals surface area contributed by atoms with Gasteiger partial charge in [0.15, 0.2) is 0 Å². The summed E-state index contributed by atoms with van der Waals surface area (Å²) >= 11 is 8.04. The summed E-state index contributed by atoms with van der Waals surface area (Å²) in [7, 11) is 0. The molecule has 0 atom stereocenters. The van der Waals surface area contributed by atoms with Gasteiger partial charge in [-0.3, -0.25) is 9.59 Å². The van der Waals surface area contributed by atoms with Crippen LogP contribution < -0.4 is 11.1 Å². The first kappa shape index (κ1) is 19.0. The molecule has 0 aromatic rings. The van der Waals surface area contributed by atoms with E-state index in [1.165, 1.54) is 0 Å². The van der Waals surface area contributed by atoms with Crippen LogP contribution in [0.4, 0.5) is 0 Å². The number of rotatable bonds is 8. The molecule has 0 spiro atoms. The highest BCUT2D eigenvalue weighted by Gasteiger charge is 1.97. The van der Waals surface area contributed by atoms with E-state index in [9.17, 15) is 9.59 Å². The third-order valence-electron chi connectivity index (χ3n) is 1.72. The van der Waals surface area contributed by atoms with Gasteiger partial charge in [0, 0.05) is 19.4 Å². The monoisotopic (exact) mass is 280 g/mol. The van der Waals surface area contributed by atoms with E-state index >= 15 is 0 Å². The molecular weight excluding hydrogens is 256 g/mol. The van der Waals surface area contributed by atoms with E-state index in [0.29, 0.717) is 12.8 Å². The van der Waals surface area contributed by atoms with Crippen molar-refractivity contribution in [3.05, 3.63) is 0 Å². The minimum atomic E-state index is -0.211. The smallest absolute Gasteiger partial charge is 0.220 e. The molecule has 0 fully saturated rings. The van der Waals surface area contributed by atoms with Crippen molar-refractivity contribution in [2.75, 3.05) is 18.1 Å². The Morgan fingerprint density at radius 1 is 1.12 bits per heavy atom. The molecule has 0 heterocycles. The zero-order valence-corrected chi connectivity index (χ0v) is 12.2. The first-order chi connectivity index (χ1) is 8.08. The third kappa shape index (κ3) is 21.5. The summed E-state index contributed by atoms with van der Waals surface area (Å²) < 4.78 is 0. The van der Waals surface area contributed by atoms with Gasteiger partial charge in [-0.05, 0) is 30.8 Å². The highest BCUT2D eigenvalue weighted by Crippen LogP contribution is 1.91. The van der Waals surface area contributed by atoms with Gasteiger partial charge in [-0.25, -0.2) is 0 Å². The largest absolute Gasteiger partial charge is 0.370 e. The summed E-state index contributed by atoms with van der Waals surface area (Å²) in [6.45, 7) is 2.67. The Labute approximate surface area is 115 Å². The Morgan fingerprint density at radius 3 is 2.06 bits per heavy atom. The second kappa shape index (κ2) is 15.6. The molecule has 0 saturated carbocycles. The van der Waals surface area contributed by atoms with Gasteiger partial charge in [0.25, 0.3) is 0 Å². The Hall–Kier alpha value is -0.360. The first-order valence-corrected chi connectivity index (χ1v) is 7.11. The Balaban J connectivity index is 0. The molecule has 4 nitrogen and oxygen atoms in total. The molecular formula is C11H24N2O2S2. The SMILES string of the molecule is CCCC(N)=O.O=C(CCCS)NCCCS. The highest BCUT2D eigenvalue weighted by atomic mass is 32.1. The van der Waals surface area contributed by atoms with Crippen LogP contribution in [0.2, 0.25) is 0 Å². The van der Waals surface area contributed by atoms with E-state index in [-0.39, 0.29) is 11.8 Å². The fourth-order valence-electron chi connectivity index (χ4n) is 0.881. The van der Waals surface area contributed by atoms with Crippen LogP contribution in [-0.4, -0.2) is 29.9 Å². The minimum absolute atomic E-state index is 0.126. The fraction of sp³-hybridized carbons (Fsp3) is 0.818.